The fourth-order valence-corrected chi connectivity index (χ4v) is 1.78. The second-order valence-corrected chi connectivity index (χ2v) is 5.74. The van der Waals surface area contributed by atoms with Crippen molar-refractivity contribution in [2.75, 3.05) is 39.5 Å². The van der Waals surface area contributed by atoms with Crippen molar-refractivity contribution in [2.24, 2.45) is 0 Å². The lowest BCUT2D eigenvalue weighted by Gasteiger charge is -2.36. The van der Waals surface area contributed by atoms with Gasteiger partial charge in [-0.2, -0.15) is 0 Å². The molecule has 1 fully saturated rings. The summed E-state index contributed by atoms with van der Waals surface area (Å²) in [6.45, 7) is 7.74. The van der Waals surface area contributed by atoms with Crippen LogP contribution in [0.25, 0.3) is 0 Å². The lowest BCUT2D eigenvalue weighted by molar-refractivity contribution is -0.134. The van der Waals surface area contributed by atoms with Crippen molar-refractivity contribution in [3.63, 3.8) is 0 Å². The van der Waals surface area contributed by atoms with Crippen LogP contribution in [0.3, 0.4) is 0 Å². The van der Waals surface area contributed by atoms with Crippen LogP contribution < -0.4 is 0 Å². The Hall–Kier alpha value is -0.220. The normalized spacial score (nSPS) is 19.9. The number of carbonyl (C=O) groups is 1. The van der Waals surface area contributed by atoms with E-state index in [1.54, 1.807) is 11.8 Å². The third-order valence-electron chi connectivity index (χ3n) is 2.82. The minimum absolute atomic E-state index is 0.268. The van der Waals surface area contributed by atoms with Crippen LogP contribution >= 0.6 is 11.8 Å². The first-order chi connectivity index (χ1) is 6.47. The van der Waals surface area contributed by atoms with Crippen molar-refractivity contribution < 1.29 is 4.79 Å². The quantitative estimate of drug-likeness (QED) is 0.685. The zero-order valence-electron chi connectivity index (χ0n) is 9.54. The minimum atomic E-state index is -0.268. The van der Waals surface area contributed by atoms with Gasteiger partial charge in [-0.05, 0) is 27.2 Å². The molecule has 0 bridgehead atoms. The molecule has 0 unspecified atom stereocenters. The van der Waals surface area contributed by atoms with Crippen molar-refractivity contribution in [3.8, 4) is 0 Å². The Morgan fingerprint density at radius 2 is 1.71 bits per heavy atom. The maximum atomic E-state index is 12.0. The predicted octanol–water partition coefficient (Wildman–Crippen LogP) is 0.902. The van der Waals surface area contributed by atoms with Crippen LogP contribution in [0, 0.1) is 0 Å². The Labute approximate surface area is 90.8 Å². The highest BCUT2D eigenvalue weighted by atomic mass is 32.2. The van der Waals surface area contributed by atoms with E-state index in [-0.39, 0.29) is 10.7 Å². The van der Waals surface area contributed by atoms with Gasteiger partial charge < -0.3 is 9.80 Å². The number of nitrogens with zero attached hydrogens (tertiary/aromatic N) is 2. The van der Waals surface area contributed by atoms with Gasteiger partial charge in [0.25, 0.3) is 0 Å². The lowest BCUT2D eigenvalue weighted by Crippen LogP contribution is -2.52. The van der Waals surface area contributed by atoms with Crippen molar-refractivity contribution >= 4 is 17.7 Å². The van der Waals surface area contributed by atoms with Crippen LogP contribution in [0.2, 0.25) is 0 Å². The molecule has 4 heteroatoms. The first kappa shape index (κ1) is 11.9. The molecule has 0 aromatic heterocycles. The molecule has 1 aliphatic rings. The Kier molecular flexibility index (Phi) is 3.84. The topological polar surface area (TPSA) is 23.6 Å². The molecule has 82 valence electrons. The summed E-state index contributed by atoms with van der Waals surface area (Å²) in [6, 6.07) is 0. The average molecular weight is 216 g/mol. The van der Waals surface area contributed by atoms with E-state index in [9.17, 15) is 4.79 Å². The lowest BCUT2D eigenvalue weighted by atomic mass is 10.1. The van der Waals surface area contributed by atoms with Gasteiger partial charge in [-0.1, -0.05) is 0 Å². The molecule has 14 heavy (non-hydrogen) atoms. The summed E-state index contributed by atoms with van der Waals surface area (Å²) < 4.78 is -0.268. The third-order valence-corrected chi connectivity index (χ3v) is 4.01. The fourth-order valence-electron chi connectivity index (χ4n) is 1.48. The molecule has 0 radical (unpaired) electrons. The molecule has 0 spiro atoms. The molecular formula is C10H20N2OS. The molecule has 0 atom stereocenters. The Bertz CT molecular complexity index is 210. The number of hydrogen-bond donors (Lipinski definition) is 0. The van der Waals surface area contributed by atoms with E-state index < -0.39 is 0 Å². The Morgan fingerprint density at radius 3 is 2.14 bits per heavy atom. The Balaban J connectivity index is 2.54. The molecule has 1 heterocycles. The first-order valence-corrected chi connectivity index (χ1v) is 6.23. The third kappa shape index (κ3) is 2.64. The molecule has 1 saturated heterocycles. The highest BCUT2D eigenvalue weighted by molar-refractivity contribution is 8.00. The average Bonchev–Trinajstić information content (AvgIpc) is 2.18. The van der Waals surface area contributed by atoms with Gasteiger partial charge in [0, 0.05) is 26.2 Å². The van der Waals surface area contributed by atoms with E-state index in [2.05, 4.69) is 11.9 Å². The molecular weight excluding hydrogens is 196 g/mol. The first-order valence-electron chi connectivity index (χ1n) is 5.00. The number of amides is 1. The molecule has 1 aliphatic heterocycles. The van der Waals surface area contributed by atoms with Gasteiger partial charge >= 0.3 is 0 Å². The number of rotatable bonds is 2. The molecule has 0 N–H and O–H groups in total. The smallest absolute Gasteiger partial charge is 0.238 e. The SMILES string of the molecule is CSC(C)(C)C(=O)N1CCN(C)CC1. The summed E-state index contributed by atoms with van der Waals surface area (Å²) >= 11 is 1.62. The Morgan fingerprint density at radius 1 is 1.21 bits per heavy atom. The number of hydrogen-bond acceptors (Lipinski definition) is 3. The van der Waals surface area contributed by atoms with E-state index in [0.29, 0.717) is 0 Å². The zero-order valence-corrected chi connectivity index (χ0v) is 10.4. The molecule has 0 aromatic rings. The molecule has 1 amide bonds. The monoisotopic (exact) mass is 216 g/mol. The van der Waals surface area contributed by atoms with E-state index in [1.807, 2.05) is 25.0 Å². The van der Waals surface area contributed by atoms with Crippen LogP contribution in [-0.4, -0.2) is 59.9 Å². The van der Waals surface area contributed by atoms with Crippen LogP contribution in [0.5, 0.6) is 0 Å². The van der Waals surface area contributed by atoms with Crippen molar-refractivity contribution in [1.82, 2.24) is 9.80 Å². The van der Waals surface area contributed by atoms with E-state index in [4.69, 9.17) is 0 Å². The van der Waals surface area contributed by atoms with E-state index in [0.717, 1.165) is 26.2 Å². The van der Waals surface area contributed by atoms with Crippen LogP contribution in [-0.2, 0) is 4.79 Å². The molecule has 0 saturated carbocycles. The summed E-state index contributed by atoms with van der Waals surface area (Å²) in [6.07, 6.45) is 1.99. The number of carbonyl (C=O) groups excluding carboxylic acids is 1. The summed E-state index contributed by atoms with van der Waals surface area (Å²) in [4.78, 5) is 16.3. The number of likely N-dealkylation sites (N-methyl/N-ethyl adjacent to an activating group) is 1. The molecule has 0 aliphatic carbocycles. The van der Waals surface area contributed by atoms with Crippen molar-refractivity contribution in [3.05, 3.63) is 0 Å². The number of thioether (sulfide) groups is 1. The second kappa shape index (κ2) is 4.53. The highest BCUT2D eigenvalue weighted by Gasteiger charge is 2.32. The van der Waals surface area contributed by atoms with Gasteiger partial charge in [0.1, 0.15) is 0 Å². The van der Waals surface area contributed by atoms with Crippen LogP contribution in [0.15, 0.2) is 0 Å². The fraction of sp³-hybridized carbons (Fsp3) is 0.900. The van der Waals surface area contributed by atoms with E-state index in [1.165, 1.54) is 0 Å². The molecule has 3 nitrogen and oxygen atoms in total. The van der Waals surface area contributed by atoms with Gasteiger partial charge in [-0.15, -0.1) is 11.8 Å². The summed E-state index contributed by atoms with van der Waals surface area (Å²) in [7, 11) is 2.10. The van der Waals surface area contributed by atoms with Gasteiger partial charge in [0.2, 0.25) is 5.91 Å². The maximum Gasteiger partial charge on any atom is 0.238 e. The minimum Gasteiger partial charge on any atom is -0.339 e. The summed E-state index contributed by atoms with van der Waals surface area (Å²) in [5.41, 5.74) is 0. The molecule has 1 rings (SSSR count). The summed E-state index contributed by atoms with van der Waals surface area (Å²) in [5, 5.41) is 0. The van der Waals surface area contributed by atoms with Gasteiger partial charge in [-0.25, -0.2) is 0 Å². The highest BCUT2D eigenvalue weighted by Crippen LogP contribution is 2.24. The molecule has 0 aromatic carbocycles. The zero-order chi connectivity index (χ0) is 10.8. The largest absolute Gasteiger partial charge is 0.339 e. The van der Waals surface area contributed by atoms with Gasteiger partial charge in [-0.3, -0.25) is 4.79 Å². The predicted molar refractivity (Wildman–Crippen MR) is 61.7 cm³/mol. The summed E-state index contributed by atoms with van der Waals surface area (Å²) in [5.74, 6) is 0.276. The standard InChI is InChI=1S/C10H20N2OS/c1-10(2,14-4)9(13)12-7-5-11(3)6-8-12/h5-8H2,1-4H3. The second-order valence-electron chi connectivity index (χ2n) is 4.31. The van der Waals surface area contributed by atoms with Crippen molar-refractivity contribution in [1.29, 1.82) is 0 Å². The van der Waals surface area contributed by atoms with Crippen LogP contribution in [0.1, 0.15) is 13.8 Å². The van der Waals surface area contributed by atoms with E-state index >= 15 is 0 Å². The van der Waals surface area contributed by atoms with Gasteiger partial charge in [0.15, 0.2) is 0 Å². The maximum absolute atomic E-state index is 12.0. The van der Waals surface area contributed by atoms with Gasteiger partial charge in [0.05, 0.1) is 4.75 Å². The number of piperazine rings is 1. The van der Waals surface area contributed by atoms with Crippen molar-refractivity contribution in [2.45, 2.75) is 18.6 Å². The van der Waals surface area contributed by atoms with Crippen LogP contribution in [0.4, 0.5) is 0 Å².